The van der Waals surface area contributed by atoms with Crippen LogP contribution in [0.2, 0.25) is 0 Å². The SMILES string of the molecule is CC(C)CCn1c2c(c(=O)[nH]c1=O)[C@@H](C(=O)Nc1ccc(F)c(F)c1F)CC(=O)N2. The first kappa shape index (κ1) is 21.3. The van der Waals surface area contributed by atoms with Crippen molar-refractivity contribution in [3.63, 3.8) is 0 Å². The molecule has 1 aliphatic heterocycles. The van der Waals surface area contributed by atoms with E-state index in [1.54, 1.807) is 0 Å². The van der Waals surface area contributed by atoms with Crippen molar-refractivity contribution < 1.29 is 22.8 Å². The van der Waals surface area contributed by atoms with E-state index in [9.17, 15) is 32.3 Å². The molecule has 0 unspecified atom stereocenters. The van der Waals surface area contributed by atoms with Gasteiger partial charge < -0.3 is 10.6 Å². The number of benzene rings is 1. The third kappa shape index (κ3) is 4.00. The lowest BCUT2D eigenvalue weighted by Gasteiger charge is -2.26. The van der Waals surface area contributed by atoms with E-state index in [-0.39, 0.29) is 23.8 Å². The van der Waals surface area contributed by atoms with Gasteiger partial charge in [0, 0.05) is 13.0 Å². The Kier molecular flexibility index (Phi) is 5.81. The number of hydrogen-bond donors (Lipinski definition) is 3. The molecule has 3 rings (SSSR count). The molecule has 3 N–H and O–H groups in total. The second-order valence-corrected chi connectivity index (χ2v) is 7.37. The highest BCUT2D eigenvalue weighted by Crippen LogP contribution is 2.30. The number of nitrogens with one attached hydrogen (secondary N) is 3. The standard InChI is InChI=1S/C19H19F3N4O4/c1-8(2)5-6-26-16-13(18(29)25-19(26)30)9(7-12(27)24-16)17(28)23-11-4-3-10(20)14(21)15(11)22/h3-4,8-9H,5-7H2,1-2H3,(H,23,28)(H,24,27)(H,25,29,30)/t9-/m0/s1. The molecule has 11 heteroatoms. The molecule has 2 amide bonds. The van der Waals surface area contributed by atoms with E-state index in [1.807, 2.05) is 13.8 Å². The normalized spacial score (nSPS) is 15.7. The zero-order chi connectivity index (χ0) is 22.2. The lowest BCUT2D eigenvalue weighted by molar-refractivity contribution is -0.123. The van der Waals surface area contributed by atoms with Gasteiger partial charge in [-0.2, -0.15) is 0 Å². The van der Waals surface area contributed by atoms with Crippen LogP contribution in [0.5, 0.6) is 0 Å². The number of H-pyrrole nitrogens is 1. The van der Waals surface area contributed by atoms with E-state index in [4.69, 9.17) is 0 Å². The van der Waals surface area contributed by atoms with Gasteiger partial charge in [-0.3, -0.25) is 23.9 Å². The molecule has 30 heavy (non-hydrogen) atoms. The highest BCUT2D eigenvalue weighted by molar-refractivity contribution is 6.04. The van der Waals surface area contributed by atoms with Crippen molar-refractivity contribution in [2.75, 3.05) is 10.6 Å². The molecule has 1 aromatic carbocycles. The van der Waals surface area contributed by atoms with Crippen LogP contribution in [0.4, 0.5) is 24.7 Å². The summed E-state index contributed by atoms with van der Waals surface area (Å²) >= 11 is 0. The van der Waals surface area contributed by atoms with E-state index in [0.717, 1.165) is 10.6 Å². The predicted octanol–water partition coefficient (Wildman–Crippen LogP) is 2.06. The minimum absolute atomic E-state index is 0.105. The number of carbonyl (C=O) groups excluding carboxylic acids is 2. The molecule has 0 saturated heterocycles. The number of nitrogens with zero attached hydrogens (tertiary/aromatic N) is 1. The molecular weight excluding hydrogens is 405 g/mol. The number of halogens is 3. The average Bonchev–Trinajstić information content (AvgIpc) is 2.67. The number of hydrogen-bond acceptors (Lipinski definition) is 4. The van der Waals surface area contributed by atoms with Crippen molar-refractivity contribution >= 4 is 23.3 Å². The molecule has 1 aliphatic rings. The largest absolute Gasteiger partial charge is 0.329 e. The fourth-order valence-corrected chi connectivity index (χ4v) is 3.18. The summed E-state index contributed by atoms with van der Waals surface area (Å²) in [6.07, 6.45) is 0.112. The Morgan fingerprint density at radius 3 is 2.57 bits per heavy atom. The smallest absolute Gasteiger partial charge is 0.323 e. The summed E-state index contributed by atoms with van der Waals surface area (Å²) in [5.74, 6) is -7.67. The number of amides is 2. The van der Waals surface area contributed by atoms with Crippen LogP contribution < -0.4 is 21.9 Å². The van der Waals surface area contributed by atoms with Crippen molar-refractivity contribution in [1.82, 2.24) is 9.55 Å². The summed E-state index contributed by atoms with van der Waals surface area (Å²) in [6, 6.07) is 1.45. The third-order valence-electron chi connectivity index (χ3n) is 4.77. The van der Waals surface area contributed by atoms with Gasteiger partial charge in [-0.25, -0.2) is 18.0 Å². The average molecular weight is 424 g/mol. The Labute approximate surface area is 168 Å². The summed E-state index contributed by atoms with van der Waals surface area (Å²) in [4.78, 5) is 51.7. The van der Waals surface area contributed by atoms with Crippen LogP contribution in [0.25, 0.3) is 0 Å². The maximum atomic E-state index is 13.9. The summed E-state index contributed by atoms with van der Waals surface area (Å²) in [6.45, 7) is 4.03. The summed E-state index contributed by atoms with van der Waals surface area (Å²) in [7, 11) is 0. The lowest BCUT2D eigenvalue weighted by Crippen LogP contribution is -2.42. The predicted molar refractivity (Wildman–Crippen MR) is 102 cm³/mol. The van der Waals surface area contributed by atoms with E-state index in [2.05, 4.69) is 15.6 Å². The molecule has 2 aromatic rings. The van der Waals surface area contributed by atoms with Gasteiger partial charge in [0.25, 0.3) is 5.56 Å². The van der Waals surface area contributed by atoms with Crippen LogP contribution in [0, 0.1) is 23.4 Å². The van der Waals surface area contributed by atoms with Crippen LogP contribution >= 0.6 is 0 Å². The molecule has 0 radical (unpaired) electrons. The molecule has 0 aliphatic carbocycles. The number of aromatic amines is 1. The number of fused-ring (bicyclic) bond motifs is 1. The van der Waals surface area contributed by atoms with Gasteiger partial charge in [0.15, 0.2) is 17.5 Å². The first-order valence-electron chi connectivity index (χ1n) is 9.21. The fourth-order valence-electron chi connectivity index (χ4n) is 3.18. The fraction of sp³-hybridized carbons (Fsp3) is 0.368. The Bertz CT molecular complexity index is 1140. The van der Waals surface area contributed by atoms with Crippen LogP contribution in [-0.2, 0) is 16.1 Å². The number of anilines is 2. The number of aromatic nitrogens is 2. The van der Waals surface area contributed by atoms with E-state index in [1.165, 1.54) is 0 Å². The molecule has 0 fully saturated rings. The lowest BCUT2D eigenvalue weighted by atomic mass is 9.92. The number of carbonyl (C=O) groups is 2. The molecule has 160 valence electrons. The van der Waals surface area contributed by atoms with E-state index in [0.29, 0.717) is 12.5 Å². The first-order valence-corrected chi connectivity index (χ1v) is 9.21. The molecule has 2 heterocycles. The maximum Gasteiger partial charge on any atom is 0.329 e. The van der Waals surface area contributed by atoms with Crippen LogP contribution in [-0.4, -0.2) is 21.4 Å². The molecule has 1 atom stereocenters. The van der Waals surface area contributed by atoms with Crippen molar-refractivity contribution in [3.8, 4) is 0 Å². The zero-order valence-electron chi connectivity index (χ0n) is 16.1. The summed E-state index contributed by atoms with van der Waals surface area (Å²) in [5, 5.41) is 4.53. The molecule has 8 nitrogen and oxygen atoms in total. The zero-order valence-corrected chi connectivity index (χ0v) is 16.1. The van der Waals surface area contributed by atoms with E-state index < -0.39 is 58.5 Å². The minimum atomic E-state index is -1.77. The molecular formula is C19H19F3N4O4. The Balaban J connectivity index is 2.03. The molecule has 1 aromatic heterocycles. The van der Waals surface area contributed by atoms with Gasteiger partial charge in [0.2, 0.25) is 11.8 Å². The summed E-state index contributed by atoms with van der Waals surface area (Å²) < 4.78 is 41.6. The second-order valence-electron chi connectivity index (χ2n) is 7.37. The van der Waals surface area contributed by atoms with Gasteiger partial charge in [-0.1, -0.05) is 13.8 Å². The highest BCUT2D eigenvalue weighted by atomic mass is 19.2. The van der Waals surface area contributed by atoms with Crippen molar-refractivity contribution in [1.29, 1.82) is 0 Å². The van der Waals surface area contributed by atoms with Gasteiger partial charge >= 0.3 is 5.69 Å². The molecule has 0 saturated carbocycles. The Morgan fingerprint density at radius 2 is 1.90 bits per heavy atom. The second kappa shape index (κ2) is 8.17. The van der Waals surface area contributed by atoms with Crippen molar-refractivity contribution in [2.45, 2.75) is 39.2 Å². The van der Waals surface area contributed by atoms with Gasteiger partial charge in [-0.05, 0) is 24.5 Å². The quantitative estimate of drug-likeness (QED) is 0.638. The Hall–Kier alpha value is -3.37. The highest BCUT2D eigenvalue weighted by Gasteiger charge is 2.36. The van der Waals surface area contributed by atoms with Crippen LogP contribution in [0.15, 0.2) is 21.7 Å². The Morgan fingerprint density at radius 1 is 1.20 bits per heavy atom. The summed E-state index contributed by atoms with van der Waals surface area (Å²) in [5.41, 5.74) is -2.43. The van der Waals surface area contributed by atoms with Crippen molar-refractivity contribution in [3.05, 3.63) is 56.0 Å². The van der Waals surface area contributed by atoms with Crippen LogP contribution in [0.3, 0.4) is 0 Å². The van der Waals surface area contributed by atoms with E-state index >= 15 is 0 Å². The van der Waals surface area contributed by atoms with Gasteiger partial charge in [0.05, 0.1) is 17.2 Å². The number of rotatable bonds is 5. The monoisotopic (exact) mass is 424 g/mol. The molecule has 0 spiro atoms. The first-order chi connectivity index (χ1) is 14.1. The van der Waals surface area contributed by atoms with Gasteiger partial charge in [-0.15, -0.1) is 0 Å². The van der Waals surface area contributed by atoms with Crippen molar-refractivity contribution in [2.24, 2.45) is 5.92 Å². The van der Waals surface area contributed by atoms with Gasteiger partial charge in [0.1, 0.15) is 5.82 Å². The van der Waals surface area contributed by atoms with Crippen LogP contribution in [0.1, 0.15) is 38.2 Å². The maximum absolute atomic E-state index is 13.9. The molecule has 0 bridgehead atoms. The topological polar surface area (TPSA) is 113 Å². The minimum Gasteiger partial charge on any atom is -0.323 e. The third-order valence-corrected chi connectivity index (χ3v) is 4.77.